The number of nitrogens with zero attached hydrogens (tertiary/aromatic N) is 3. The molecule has 1 saturated heterocycles. The minimum Gasteiger partial charge on any atom is -0.467 e. The monoisotopic (exact) mass is 331 g/mol. The van der Waals surface area contributed by atoms with Crippen molar-refractivity contribution in [3.63, 3.8) is 0 Å². The highest BCUT2D eigenvalue weighted by atomic mass is 16.4. The van der Waals surface area contributed by atoms with Crippen LogP contribution in [-0.4, -0.2) is 38.3 Å². The number of rotatable bonds is 4. The smallest absolute Gasteiger partial charge is 0.257 e. The van der Waals surface area contributed by atoms with E-state index in [1.54, 1.807) is 29.3 Å². The topological polar surface area (TPSA) is 71.5 Å². The van der Waals surface area contributed by atoms with Crippen molar-refractivity contribution in [2.45, 2.75) is 51.2 Å². The summed E-state index contributed by atoms with van der Waals surface area (Å²) in [4.78, 5) is 15.0. The summed E-state index contributed by atoms with van der Waals surface area (Å²) in [5.41, 5.74) is 1.52. The molecule has 1 aliphatic heterocycles. The first-order valence-corrected chi connectivity index (χ1v) is 8.59. The van der Waals surface area contributed by atoms with E-state index in [9.17, 15) is 9.90 Å². The second-order valence-corrected chi connectivity index (χ2v) is 6.54. The molecular weight excluding hydrogens is 306 g/mol. The van der Waals surface area contributed by atoms with E-state index >= 15 is 0 Å². The highest BCUT2D eigenvalue weighted by molar-refractivity contribution is 5.95. The van der Waals surface area contributed by atoms with E-state index in [1.807, 2.05) is 18.9 Å². The number of aliphatic hydroxyl groups is 1. The molecule has 2 atom stereocenters. The van der Waals surface area contributed by atoms with Crippen LogP contribution in [0.4, 0.5) is 0 Å². The van der Waals surface area contributed by atoms with Crippen molar-refractivity contribution in [1.29, 1.82) is 0 Å². The van der Waals surface area contributed by atoms with Gasteiger partial charge in [0.1, 0.15) is 11.9 Å². The molecule has 1 N–H and O–H groups in total. The molecule has 1 aliphatic rings. The Morgan fingerprint density at radius 2 is 2.29 bits per heavy atom. The molecule has 1 fully saturated rings. The van der Waals surface area contributed by atoms with Gasteiger partial charge in [-0.1, -0.05) is 12.8 Å². The summed E-state index contributed by atoms with van der Waals surface area (Å²) in [5.74, 6) is 0.573. The van der Waals surface area contributed by atoms with E-state index in [4.69, 9.17) is 4.42 Å². The van der Waals surface area contributed by atoms with Crippen molar-refractivity contribution in [1.82, 2.24) is 14.7 Å². The summed E-state index contributed by atoms with van der Waals surface area (Å²) in [6.07, 6.45) is 7.11. The standard InChI is InChI=1S/C18H25N3O3/c1-13-15(12-19-20(13)2)18(23)21-9-5-3-4-7-14(21)11-16(22)17-8-6-10-24-17/h6,8,10,12,14,16,22H,3-5,7,9,11H2,1-2H3/t14-,16-/m1/s1. The molecule has 24 heavy (non-hydrogen) atoms. The number of hydrogen-bond acceptors (Lipinski definition) is 4. The minimum absolute atomic E-state index is 0.0131. The molecule has 3 rings (SSSR count). The van der Waals surface area contributed by atoms with E-state index in [-0.39, 0.29) is 11.9 Å². The normalized spacial score (nSPS) is 20.0. The van der Waals surface area contributed by atoms with Gasteiger partial charge in [-0.2, -0.15) is 5.10 Å². The number of aryl methyl sites for hydroxylation is 1. The number of aromatic nitrogens is 2. The van der Waals surface area contributed by atoms with Crippen LogP contribution < -0.4 is 0 Å². The van der Waals surface area contributed by atoms with Gasteiger partial charge in [0.2, 0.25) is 0 Å². The van der Waals surface area contributed by atoms with Gasteiger partial charge in [-0.25, -0.2) is 0 Å². The third-order valence-electron chi connectivity index (χ3n) is 4.97. The maximum absolute atomic E-state index is 13.0. The van der Waals surface area contributed by atoms with E-state index in [1.165, 1.54) is 0 Å². The van der Waals surface area contributed by atoms with Crippen molar-refractivity contribution < 1.29 is 14.3 Å². The van der Waals surface area contributed by atoms with Crippen LogP contribution in [0.3, 0.4) is 0 Å². The fraction of sp³-hybridized carbons (Fsp3) is 0.556. The van der Waals surface area contributed by atoms with Gasteiger partial charge in [0, 0.05) is 31.7 Å². The lowest BCUT2D eigenvalue weighted by Crippen LogP contribution is -2.41. The second kappa shape index (κ2) is 7.21. The molecule has 0 saturated carbocycles. The third-order valence-corrected chi connectivity index (χ3v) is 4.97. The van der Waals surface area contributed by atoms with E-state index in [0.717, 1.165) is 37.9 Å². The highest BCUT2D eigenvalue weighted by Gasteiger charge is 2.30. The first kappa shape index (κ1) is 16.8. The zero-order valence-corrected chi connectivity index (χ0v) is 14.3. The summed E-state index contributed by atoms with van der Waals surface area (Å²) >= 11 is 0. The Balaban J connectivity index is 1.79. The van der Waals surface area contributed by atoms with Gasteiger partial charge in [0.25, 0.3) is 5.91 Å². The summed E-state index contributed by atoms with van der Waals surface area (Å²) < 4.78 is 7.02. The van der Waals surface area contributed by atoms with E-state index in [0.29, 0.717) is 17.7 Å². The second-order valence-electron chi connectivity index (χ2n) is 6.54. The maximum atomic E-state index is 13.0. The van der Waals surface area contributed by atoms with Gasteiger partial charge < -0.3 is 14.4 Å². The Kier molecular flexibility index (Phi) is 5.04. The van der Waals surface area contributed by atoms with Crippen molar-refractivity contribution in [3.8, 4) is 0 Å². The van der Waals surface area contributed by atoms with Gasteiger partial charge in [-0.05, 0) is 31.9 Å². The molecule has 1 amide bonds. The molecule has 130 valence electrons. The van der Waals surface area contributed by atoms with Crippen molar-refractivity contribution >= 4 is 5.91 Å². The van der Waals surface area contributed by atoms with Crippen LogP contribution in [-0.2, 0) is 7.05 Å². The zero-order chi connectivity index (χ0) is 17.1. The maximum Gasteiger partial charge on any atom is 0.257 e. The Hall–Kier alpha value is -2.08. The quantitative estimate of drug-likeness (QED) is 0.935. The van der Waals surface area contributed by atoms with Crippen LogP contribution in [0.1, 0.15) is 60.0 Å². The largest absolute Gasteiger partial charge is 0.467 e. The number of aliphatic hydroxyl groups excluding tert-OH is 1. The Morgan fingerprint density at radius 1 is 1.46 bits per heavy atom. The number of carbonyl (C=O) groups is 1. The molecule has 0 unspecified atom stereocenters. The van der Waals surface area contributed by atoms with Gasteiger partial charge in [-0.3, -0.25) is 9.48 Å². The summed E-state index contributed by atoms with van der Waals surface area (Å²) in [7, 11) is 1.84. The Morgan fingerprint density at radius 3 is 2.96 bits per heavy atom. The number of amides is 1. The van der Waals surface area contributed by atoms with Crippen LogP contribution in [0.2, 0.25) is 0 Å². The molecule has 6 nitrogen and oxygen atoms in total. The molecule has 0 bridgehead atoms. The van der Waals surface area contributed by atoms with Crippen molar-refractivity contribution in [2.24, 2.45) is 7.05 Å². The predicted octanol–water partition coefficient (Wildman–Crippen LogP) is 2.83. The molecule has 0 aromatic carbocycles. The number of likely N-dealkylation sites (tertiary alicyclic amines) is 1. The van der Waals surface area contributed by atoms with Gasteiger partial charge in [-0.15, -0.1) is 0 Å². The highest BCUT2D eigenvalue weighted by Crippen LogP contribution is 2.28. The molecule has 0 spiro atoms. The SMILES string of the molecule is Cc1c(C(=O)N2CCCCC[C@@H]2C[C@@H](O)c2ccco2)cnn1C. The number of hydrogen-bond donors (Lipinski definition) is 1. The fourth-order valence-electron chi connectivity index (χ4n) is 3.41. The number of carbonyl (C=O) groups excluding carboxylic acids is 1. The van der Waals surface area contributed by atoms with Crippen LogP contribution in [0.5, 0.6) is 0 Å². The average Bonchev–Trinajstić information content (AvgIpc) is 3.15. The van der Waals surface area contributed by atoms with Gasteiger partial charge in [0.05, 0.1) is 18.0 Å². The minimum atomic E-state index is -0.687. The molecular formula is C18H25N3O3. The lowest BCUT2D eigenvalue weighted by Gasteiger charge is -2.31. The van der Waals surface area contributed by atoms with Crippen LogP contribution in [0.25, 0.3) is 0 Å². The summed E-state index contributed by atoms with van der Waals surface area (Å²) in [6, 6.07) is 3.56. The molecule has 0 aliphatic carbocycles. The Bertz CT molecular complexity index is 678. The molecule has 0 radical (unpaired) electrons. The Labute approximate surface area is 142 Å². The first-order valence-electron chi connectivity index (χ1n) is 8.59. The van der Waals surface area contributed by atoms with Gasteiger partial charge >= 0.3 is 0 Å². The molecule has 2 aromatic rings. The third kappa shape index (κ3) is 3.38. The average molecular weight is 331 g/mol. The van der Waals surface area contributed by atoms with Crippen LogP contribution in [0.15, 0.2) is 29.0 Å². The van der Waals surface area contributed by atoms with E-state index in [2.05, 4.69) is 5.10 Å². The molecule has 3 heterocycles. The lowest BCUT2D eigenvalue weighted by atomic mass is 10.0. The van der Waals surface area contributed by atoms with Crippen molar-refractivity contribution in [2.75, 3.05) is 6.54 Å². The molecule has 2 aromatic heterocycles. The van der Waals surface area contributed by atoms with Crippen LogP contribution in [0, 0.1) is 6.92 Å². The first-order chi connectivity index (χ1) is 11.6. The van der Waals surface area contributed by atoms with Crippen LogP contribution >= 0.6 is 0 Å². The van der Waals surface area contributed by atoms with Gasteiger partial charge in [0.15, 0.2) is 0 Å². The van der Waals surface area contributed by atoms with E-state index < -0.39 is 6.10 Å². The van der Waals surface area contributed by atoms with Crippen molar-refractivity contribution in [3.05, 3.63) is 41.6 Å². The fourth-order valence-corrected chi connectivity index (χ4v) is 3.41. The summed E-state index contributed by atoms with van der Waals surface area (Å²) in [6.45, 7) is 2.63. The molecule has 6 heteroatoms. The lowest BCUT2D eigenvalue weighted by molar-refractivity contribution is 0.0556. The number of furan rings is 1. The summed E-state index contributed by atoms with van der Waals surface area (Å²) in [5, 5.41) is 14.6. The predicted molar refractivity (Wildman–Crippen MR) is 89.5 cm³/mol. The zero-order valence-electron chi connectivity index (χ0n) is 14.3.